The number of nitrogens with zero attached hydrogens (tertiary/aromatic N) is 2. The molecule has 1 aromatic carbocycles. The summed E-state index contributed by atoms with van der Waals surface area (Å²) in [6.07, 6.45) is 5.56. The van der Waals surface area contributed by atoms with Crippen molar-refractivity contribution in [3.05, 3.63) is 23.2 Å². The van der Waals surface area contributed by atoms with Gasteiger partial charge in [0.15, 0.2) is 0 Å². The lowest BCUT2D eigenvalue weighted by Gasteiger charge is -2.22. The maximum absolute atomic E-state index is 12.7. The summed E-state index contributed by atoms with van der Waals surface area (Å²) in [5, 5.41) is 6.30. The van der Waals surface area contributed by atoms with E-state index in [0.29, 0.717) is 23.6 Å². The number of anilines is 2. The molecule has 1 spiro atoms. The van der Waals surface area contributed by atoms with Gasteiger partial charge in [0.2, 0.25) is 5.91 Å². The van der Waals surface area contributed by atoms with Crippen LogP contribution < -0.4 is 15.5 Å². The molecule has 4 rings (SSSR count). The van der Waals surface area contributed by atoms with Crippen molar-refractivity contribution >= 4 is 40.8 Å². The Labute approximate surface area is 169 Å². The van der Waals surface area contributed by atoms with Crippen LogP contribution in [0, 0.1) is 0 Å². The molecule has 0 aromatic heterocycles. The van der Waals surface area contributed by atoms with Crippen LogP contribution in [0.4, 0.5) is 16.2 Å². The maximum Gasteiger partial charge on any atom is 0.325 e. The van der Waals surface area contributed by atoms with Gasteiger partial charge >= 0.3 is 6.03 Å². The number of benzene rings is 1. The summed E-state index contributed by atoms with van der Waals surface area (Å²) in [6.45, 7) is 1.99. The van der Waals surface area contributed by atoms with Gasteiger partial charge in [-0.2, -0.15) is 0 Å². The van der Waals surface area contributed by atoms with Gasteiger partial charge in [0.1, 0.15) is 5.54 Å². The number of carbonyl (C=O) groups excluding carboxylic acids is 3. The molecule has 2 heterocycles. The standard InChI is InChI=1S/C20H25ClN4O3/c21-14-5-6-16(24-10-3-4-11-24)15(13-14)22-17(26)7-12-25-18(27)20(23-19(25)28)8-1-2-9-20/h5-6,13H,1-4,7-12H2,(H,22,26)(H,23,28). The van der Waals surface area contributed by atoms with Crippen LogP contribution >= 0.6 is 11.6 Å². The molecule has 4 amide bonds. The number of nitrogens with one attached hydrogen (secondary N) is 2. The van der Waals surface area contributed by atoms with Gasteiger partial charge in [-0.25, -0.2) is 4.79 Å². The molecule has 0 bridgehead atoms. The Morgan fingerprint density at radius 3 is 2.57 bits per heavy atom. The summed E-state index contributed by atoms with van der Waals surface area (Å²) in [6, 6.07) is 5.10. The number of amides is 4. The molecule has 0 atom stereocenters. The second kappa shape index (κ2) is 7.62. The highest BCUT2D eigenvalue weighted by Gasteiger charge is 2.52. The molecule has 3 aliphatic rings. The van der Waals surface area contributed by atoms with Crippen molar-refractivity contribution in [1.82, 2.24) is 10.2 Å². The molecule has 0 unspecified atom stereocenters. The fraction of sp³-hybridized carbons (Fsp3) is 0.550. The van der Waals surface area contributed by atoms with Gasteiger partial charge in [-0.3, -0.25) is 14.5 Å². The second-order valence-electron chi connectivity index (χ2n) is 7.83. The number of carbonyl (C=O) groups is 3. The lowest BCUT2D eigenvalue weighted by atomic mass is 9.98. The fourth-order valence-electron chi connectivity index (χ4n) is 4.46. The van der Waals surface area contributed by atoms with Gasteiger partial charge in [-0.15, -0.1) is 0 Å². The average molecular weight is 405 g/mol. The zero-order valence-electron chi connectivity index (χ0n) is 15.8. The molecule has 1 aliphatic carbocycles. The number of urea groups is 1. The van der Waals surface area contributed by atoms with Crippen molar-refractivity contribution in [2.75, 3.05) is 29.9 Å². The average Bonchev–Trinajstić information content (AvgIpc) is 3.38. The van der Waals surface area contributed by atoms with E-state index in [0.717, 1.165) is 44.5 Å². The van der Waals surface area contributed by atoms with Gasteiger partial charge in [-0.1, -0.05) is 24.4 Å². The Morgan fingerprint density at radius 1 is 1.14 bits per heavy atom. The first kappa shape index (κ1) is 19.1. The van der Waals surface area contributed by atoms with Crippen LogP contribution in [0.2, 0.25) is 5.02 Å². The number of hydrogen-bond donors (Lipinski definition) is 2. The lowest BCUT2D eigenvalue weighted by molar-refractivity contribution is -0.131. The molecule has 0 radical (unpaired) electrons. The minimum Gasteiger partial charge on any atom is -0.370 e. The van der Waals surface area contributed by atoms with Crippen molar-refractivity contribution in [2.24, 2.45) is 0 Å². The molecule has 2 aliphatic heterocycles. The molecule has 1 aromatic rings. The smallest absolute Gasteiger partial charge is 0.325 e. The third-order valence-electron chi connectivity index (χ3n) is 5.94. The summed E-state index contributed by atoms with van der Waals surface area (Å²) in [4.78, 5) is 40.8. The van der Waals surface area contributed by atoms with E-state index in [4.69, 9.17) is 11.6 Å². The summed E-state index contributed by atoms with van der Waals surface area (Å²) in [7, 11) is 0. The topological polar surface area (TPSA) is 81.8 Å². The van der Waals surface area contributed by atoms with Crippen LogP contribution in [0.5, 0.6) is 0 Å². The van der Waals surface area contributed by atoms with E-state index in [1.807, 2.05) is 12.1 Å². The Bertz CT molecular complexity index is 801. The van der Waals surface area contributed by atoms with E-state index in [-0.39, 0.29) is 30.8 Å². The highest BCUT2D eigenvalue weighted by atomic mass is 35.5. The maximum atomic E-state index is 12.7. The third kappa shape index (κ3) is 3.55. The number of rotatable bonds is 5. The summed E-state index contributed by atoms with van der Waals surface area (Å²) >= 11 is 6.12. The number of halogens is 1. The zero-order chi connectivity index (χ0) is 19.7. The van der Waals surface area contributed by atoms with Crippen molar-refractivity contribution in [3.8, 4) is 0 Å². The Balaban J connectivity index is 1.39. The first-order chi connectivity index (χ1) is 13.5. The van der Waals surface area contributed by atoms with E-state index in [9.17, 15) is 14.4 Å². The van der Waals surface area contributed by atoms with Crippen LogP contribution in [0.15, 0.2) is 18.2 Å². The van der Waals surface area contributed by atoms with Crippen molar-refractivity contribution in [3.63, 3.8) is 0 Å². The van der Waals surface area contributed by atoms with E-state index in [1.54, 1.807) is 6.07 Å². The predicted molar refractivity (Wildman–Crippen MR) is 108 cm³/mol. The minimum absolute atomic E-state index is 0.0567. The van der Waals surface area contributed by atoms with Crippen LogP contribution in [0.1, 0.15) is 44.9 Å². The molecule has 1 saturated carbocycles. The highest BCUT2D eigenvalue weighted by Crippen LogP contribution is 2.35. The Hall–Kier alpha value is -2.28. The molecule has 7 nitrogen and oxygen atoms in total. The zero-order valence-corrected chi connectivity index (χ0v) is 16.6. The minimum atomic E-state index is -0.733. The van der Waals surface area contributed by atoms with Gasteiger partial charge < -0.3 is 15.5 Å². The first-order valence-corrected chi connectivity index (χ1v) is 10.3. The van der Waals surface area contributed by atoms with Gasteiger partial charge in [-0.05, 0) is 43.9 Å². The molecule has 8 heteroatoms. The first-order valence-electron chi connectivity index (χ1n) is 9.97. The second-order valence-corrected chi connectivity index (χ2v) is 8.27. The normalized spacial score (nSPS) is 20.9. The van der Waals surface area contributed by atoms with Crippen LogP contribution in [0.3, 0.4) is 0 Å². The molecule has 2 N–H and O–H groups in total. The van der Waals surface area contributed by atoms with E-state index >= 15 is 0 Å². The Morgan fingerprint density at radius 2 is 1.86 bits per heavy atom. The quantitative estimate of drug-likeness (QED) is 0.739. The van der Waals surface area contributed by atoms with E-state index in [2.05, 4.69) is 15.5 Å². The van der Waals surface area contributed by atoms with Crippen LogP contribution in [-0.2, 0) is 9.59 Å². The summed E-state index contributed by atoms with van der Waals surface area (Å²) in [5.74, 6) is -0.431. The van der Waals surface area contributed by atoms with Crippen molar-refractivity contribution in [2.45, 2.75) is 50.5 Å². The predicted octanol–water partition coefficient (Wildman–Crippen LogP) is 3.13. The van der Waals surface area contributed by atoms with Crippen molar-refractivity contribution in [1.29, 1.82) is 0 Å². The molecule has 2 saturated heterocycles. The van der Waals surface area contributed by atoms with E-state index in [1.165, 1.54) is 4.90 Å². The molecule has 150 valence electrons. The van der Waals surface area contributed by atoms with Gasteiger partial charge in [0, 0.05) is 31.1 Å². The molecule has 28 heavy (non-hydrogen) atoms. The monoisotopic (exact) mass is 404 g/mol. The van der Waals surface area contributed by atoms with Crippen LogP contribution in [0.25, 0.3) is 0 Å². The number of imide groups is 1. The summed E-state index contributed by atoms with van der Waals surface area (Å²) < 4.78 is 0. The highest BCUT2D eigenvalue weighted by molar-refractivity contribution is 6.31. The van der Waals surface area contributed by atoms with Crippen molar-refractivity contribution < 1.29 is 14.4 Å². The lowest BCUT2D eigenvalue weighted by Crippen LogP contribution is -2.44. The largest absolute Gasteiger partial charge is 0.370 e. The van der Waals surface area contributed by atoms with Crippen LogP contribution in [-0.4, -0.2) is 47.9 Å². The Kier molecular flexibility index (Phi) is 5.19. The van der Waals surface area contributed by atoms with E-state index < -0.39 is 5.54 Å². The SMILES string of the molecule is O=C(CCN1C(=O)NC2(CCCC2)C1=O)Nc1cc(Cl)ccc1N1CCCC1. The van der Waals surface area contributed by atoms with Gasteiger partial charge in [0.05, 0.1) is 11.4 Å². The molecular weight excluding hydrogens is 380 g/mol. The van der Waals surface area contributed by atoms with Gasteiger partial charge in [0.25, 0.3) is 5.91 Å². The third-order valence-corrected chi connectivity index (χ3v) is 6.18. The molecule has 3 fully saturated rings. The summed E-state index contributed by atoms with van der Waals surface area (Å²) in [5.41, 5.74) is 0.891. The number of hydrogen-bond acceptors (Lipinski definition) is 4. The molecular formula is C20H25ClN4O3. The fourth-order valence-corrected chi connectivity index (χ4v) is 4.64.